The molecule has 0 N–H and O–H groups in total. The first-order valence-electron chi connectivity index (χ1n) is 5.53. The number of Topliss-reactive ketones (excluding diaryl/α,β-unsaturated/α-hetero) is 1. The van der Waals surface area contributed by atoms with Gasteiger partial charge in [0, 0.05) is 6.42 Å². The number of benzene rings is 1. The maximum absolute atomic E-state index is 11.6. The average molecular weight is 315 g/mol. The Labute approximate surface area is 114 Å². The molecule has 0 aliphatic carbocycles. The lowest BCUT2D eigenvalue weighted by molar-refractivity contribution is -0.115. The molecule has 0 saturated carbocycles. The molecule has 1 rings (SSSR count). The van der Waals surface area contributed by atoms with E-state index in [0.29, 0.717) is 23.2 Å². The van der Waals surface area contributed by atoms with E-state index in [4.69, 9.17) is 9.47 Å². The van der Waals surface area contributed by atoms with Gasteiger partial charge in [0.25, 0.3) is 0 Å². The summed E-state index contributed by atoms with van der Waals surface area (Å²) < 4.78 is 10.0. The third-order valence-corrected chi connectivity index (χ3v) is 2.89. The van der Waals surface area contributed by atoms with Crippen LogP contribution in [0.1, 0.15) is 22.8 Å². The van der Waals surface area contributed by atoms with E-state index >= 15 is 0 Å². The molecule has 0 fully saturated rings. The number of halogens is 1. The molecule has 0 radical (unpaired) electrons. The van der Waals surface area contributed by atoms with Crippen molar-refractivity contribution in [3.8, 4) is 5.75 Å². The van der Waals surface area contributed by atoms with E-state index in [2.05, 4.69) is 15.9 Å². The molecular formula is C13H15BrO4. The van der Waals surface area contributed by atoms with E-state index in [0.717, 1.165) is 5.56 Å². The third kappa shape index (κ3) is 4.14. The van der Waals surface area contributed by atoms with Gasteiger partial charge in [0.1, 0.15) is 11.5 Å². The zero-order chi connectivity index (χ0) is 13.5. The van der Waals surface area contributed by atoms with Crippen LogP contribution in [0.4, 0.5) is 0 Å². The molecule has 98 valence electrons. The number of carbonyl (C=O) groups is 2. The summed E-state index contributed by atoms with van der Waals surface area (Å²) in [6.45, 7) is 2.05. The minimum Gasteiger partial charge on any atom is -0.497 e. The van der Waals surface area contributed by atoms with Gasteiger partial charge in [0.2, 0.25) is 0 Å². The van der Waals surface area contributed by atoms with Crippen LogP contribution >= 0.6 is 15.9 Å². The second-order valence-electron chi connectivity index (χ2n) is 3.64. The summed E-state index contributed by atoms with van der Waals surface area (Å²) in [7, 11) is 1.51. The minimum absolute atomic E-state index is 0.0399. The van der Waals surface area contributed by atoms with Crippen LogP contribution in [0.3, 0.4) is 0 Å². The average Bonchev–Trinajstić information content (AvgIpc) is 2.38. The molecule has 0 amide bonds. The zero-order valence-corrected chi connectivity index (χ0v) is 12.0. The van der Waals surface area contributed by atoms with E-state index in [1.54, 1.807) is 25.1 Å². The van der Waals surface area contributed by atoms with E-state index in [1.807, 2.05) is 0 Å². The Morgan fingerprint density at radius 2 is 2.00 bits per heavy atom. The first-order valence-corrected chi connectivity index (χ1v) is 6.65. The molecule has 18 heavy (non-hydrogen) atoms. The highest BCUT2D eigenvalue weighted by Crippen LogP contribution is 2.18. The summed E-state index contributed by atoms with van der Waals surface area (Å²) in [4.78, 5) is 23.0. The molecular weight excluding hydrogens is 300 g/mol. The Bertz CT molecular complexity index is 443. The molecule has 0 aliphatic rings. The van der Waals surface area contributed by atoms with Crippen molar-refractivity contribution in [3.05, 3.63) is 29.3 Å². The van der Waals surface area contributed by atoms with Crippen molar-refractivity contribution < 1.29 is 19.1 Å². The van der Waals surface area contributed by atoms with Crippen molar-refractivity contribution in [3.63, 3.8) is 0 Å². The Balaban J connectivity index is 3.01. The number of alkyl halides is 1. The summed E-state index contributed by atoms with van der Waals surface area (Å²) in [5.41, 5.74) is 1.13. The molecule has 0 bridgehead atoms. The smallest absolute Gasteiger partial charge is 0.338 e. The number of ether oxygens (including phenoxy) is 2. The van der Waals surface area contributed by atoms with E-state index < -0.39 is 5.97 Å². The summed E-state index contributed by atoms with van der Waals surface area (Å²) >= 11 is 3.11. The highest BCUT2D eigenvalue weighted by atomic mass is 79.9. The van der Waals surface area contributed by atoms with Crippen LogP contribution in [-0.2, 0) is 16.0 Å². The van der Waals surface area contributed by atoms with Crippen molar-refractivity contribution >= 4 is 27.7 Å². The second kappa shape index (κ2) is 7.16. The topological polar surface area (TPSA) is 52.6 Å². The third-order valence-electron chi connectivity index (χ3n) is 2.26. The minimum atomic E-state index is -0.413. The Kier molecular flexibility index (Phi) is 5.85. The second-order valence-corrected chi connectivity index (χ2v) is 4.20. The van der Waals surface area contributed by atoms with E-state index in [1.165, 1.54) is 7.11 Å². The lowest BCUT2D eigenvalue weighted by atomic mass is 10.1. The zero-order valence-electron chi connectivity index (χ0n) is 10.4. The first kappa shape index (κ1) is 14.7. The van der Waals surface area contributed by atoms with Gasteiger partial charge in [-0.2, -0.15) is 0 Å². The largest absolute Gasteiger partial charge is 0.497 e. The van der Waals surface area contributed by atoms with Crippen LogP contribution in [0.5, 0.6) is 5.75 Å². The fraction of sp³-hybridized carbons (Fsp3) is 0.385. The van der Waals surface area contributed by atoms with Gasteiger partial charge in [-0.15, -0.1) is 0 Å². The van der Waals surface area contributed by atoms with E-state index in [9.17, 15) is 9.59 Å². The molecule has 5 heteroatoms. The van der Waals surface area contributed by atoms with Gasteiger partial charge >= 0.3 is 5.97 Å². The van der Waals surface area contributed by atoms with Gasteiger partial charge in [-0.25, -0.2) is 4.79 Å². The molecule has 0 saturated heterocycles. The maximum Gasteiger partial charge on any atom is 0.338 e. The SMILES string of the molecule is CCOC(=O)c1cc(CC(=O)CBr)cc(OC)c1. The number of esters is 1. The van der Waals surface area contributed by atoms with Gasteiger partial charge in [-0.1, -0.05) is 15.9 Å². The lowest BCUT2D eigenvalue weighted by Crippen LogP contribution is -2.08. The number of ketones is 1. The van der Waals surface area contributed by atoms with E-state index in [-0.39, 0.29) is 12.2 Å². The van der Waals surface area contributed by atoms with Crippen molar-refractivity contribution in [2.75, 3.05) is 19.0 Å². The maximum atomic E-state index is 11.6. The lowest BCUT2D eigenvalue weighted by Gasteiger charge is -2.08. The van der Waals surface area contributed by atoms with Crippen molar-refractivity contribution in [2.24, 2.45) is 0 Å². The number of carbonyl (C=O) groups excluding carboxylic acids is 2. The normalized spacial score (nSPS) is 9.94. The summed E-state index contributed by atoms with van der Waals surface area (Å²) in [6, 6.07) is 4.99. The monoisotopic (exact) mass is 314 g/mol. The first-order chi connectivity index (χ1) is 8.60. The molecule has 0 spiro atoms. The van der Waals surface area contributed by atoms with Crippen LogP contribution in [0, 0.1) is 0 Å². The summed E-state index contributed by atoms with van der Waals surface area (Å²) in [5.74, 6) is 0.167. The number of methoxy groups -OCH3 is 1. The molecule has 1 aromatic rings. The van der Waals surface area contributed by atoms with Crippen LogP contribution in [0.25, 0.3) is 0 Å². The Morgan fingerprint density at radius 3 is 2.56 bits per heavy atom. The van der Waals surface area contributed by atoms with Gasteiger partial charge in [0.15, 0.2) is 0 Å². The van der Waals surface area contributed by atoms with Crippen molar-refractivity contribution in [1.82, 2.24) is 0 Å². The van der Waals surface area contributed by atoms with Gasteiger partial charge in [0.05, 0.1) is 24.6 Å². The highest BCUT2D eigenvalue weighted by Gasteiger charge is 2.11. The molecule has 0 heterocycles. The standard InChI is InChI=1S/C13H15BrO4/c1-3-18-13(16)10-4-9(5-11(15)8-14)6-12(7-10)17-2/h4,6-7H,3,5,8H2,1-2H3. The number of rotatable bonds is 6. The number of hydrogen-bond donors (Lipinski definition) is 0. The van der Waals surface area contributed by atoms with Gasteiger partial charge in [-0.05, 0) is 30.7 Å². The molecule has 0 aliphatic heterocycles. The van der Waals surface area contributed by atoms with Crippen molar-refractivity contribution in [1.29, 1.82) is 0 Å². The quantitative estimate of drug-likeness (QED) is 0.597. The molecule has 0 aromatic heterocycles. The van der Waals surface area contributed by atoms with Crippen LogP contribution < -0.4 is 4.74 Å². The predicted octanol–water partition coefficient (Wildman–Crippen LogP) is 2.38. The van der Waals surface area contributed by atoms with Gasteiger partial charge < -0.3 is 9.47 Å². The molecule has 4 nitrogen and oxygen atoms in total. The molecule has 1 aromatic carbocycles. The van der Waals surface area contributed by atoms with Crippen LogP contribution in [-0.4, -0.2) is 30.8 Å². The van der Waals surface area contributed by atoms with Crippen LogP contribution in [0.2, 0.25) is 0 Å². The van der Waals surface area contributed by atoms with Gasteiger partial charge in [-0.3, -0.25) is 4.79 Å². The highest BCUT2D eigenvalue weighted by molar-refractivity contribution is 9.09. The summed E-state index contributed by atoms with van der Waals surface area (Å²) in [5, 5.41) is 0.291. The fourth-order valence-corrected chi connectivity index (χ4v) is 1.69. The van der Waals surface area contributed by atoms with Crippen molar-refractivity contribution in [2.45, 2.75) is 13.3 Å². The number of hydrogen-bond acceptors (Lipinski definition) is 4. The molecule has 0 atom stereocenters. The Morgan fingerprint density at radius 1 is 1.28 bits per heavy atom. The summed E-state index contributed by atoms with van der Waals surface area (Å²) in [6.07, 6.45) is 0.259. The molecule has 0 unspecified atom stereocenters. The fourth-order valence-electron chi connectivity index (χ4n) is 1.49. The van der Waals surface area contributed by atoms with Crippen LogP contribution in [0.15, 0.2) is 18.2 Å². The predicted molar refractivity (Wildman–Crippen MR) is 71.5 cm³/mol. The Hall–Kier alpha value is -1.36.